The highest BCUT2D eigenvalue weighted by Gasteiger charge is 2.36. The monoisotopic (exact) mass is 334 g/mol. The topological polar surface area (TPSA) is 84.9 Å². The van der Waals surface area contributed by atoms with Gasteiger partial charge in [0.2, 0.25) is 0 Å². The minimum Gasteiger partial charge on any atom is -0.383 e. The van der Waals surface area contributed by atoms with Gasteiger partial charge in [0.05, 0.1) is 29.8 Å². The predicted octanol–water partition coefficient (Wildman–Crippen LogP) is 0.399. The maximum absolute atomic E-state index is 12.4. The number of nitrogens with one attached hydrogen (secondary N) is 1. The van der Waals surface area contributed by atoms with E-state index in [4.69, 9.17) is 9.47 Å². The minimum atomic E-state index is -3.06. The van der Waals surface area contributed by atoms with E-state index in [-0.39, 0.29) is 30.5 Å². The van der Waals surface area contributed by atoms with Crippen LogP contribution in [0.25, 0.3) is 0 Å². The lowest BCUT2D eigenvalue weighted by Gasteiger charge is -2.27. The average molecular weight is 334 g/mol. The molecule has 2 saturated heterocycles. The first-order valence-electron chi connectivity index (χ1n) is 7.75. The molecule has 128 valence electrons. The highest BCUT2D eigenvalue weighted by molar-refractivity contribution is 7.92. The van der Waals surface area contributed by atoms with Gasteiger partial charge in [-0.3, -0.25) is 0 Å². The Kier molecular flexibility index (Phi) is 6.05. The van der Waals surface area contributed by atoms with Crippen molar-refractivity contribution in [3.05, 3.63) is 0 Å². The van der Waals surface area contributed by atoms with Crippen molar-refractivity contribution in [3.8, 4) is 0 Å². The molecule has 0 aliphatic carbocycles. The molecule has 0 bridgehead atoms. The number of amides is 2. The van der Waals surface area contributed by atoms with Crippen LogP contribution in [0.15, 0.2) is 0 Å². The van der Waals surface area contributed by atoms with E-state index in [1.54, 1.807) is 19.1 Å². The second-order valence-corrected chi connectivity index (χ2v) is 8.43. The van der Waals surface area contributed by atoms with Crippen molar-refractivity contribution in [3.63, 3.8) is 0 Å². The van der Waals surface area contributed by atoms with Gasteiger partial charge in [0, 0.05) is 27.3 Å². The molecule has 1 N–H and O–H groups in total. The normalized spacial score (nSPS) is 31.2. The molecule has 0 aromatic carbocycles. The summed E-state index contributed by atoms with van der Waals surface area (Å²) in [6.07, 6.45) is 3.00. The van der Waals surface area contributed by atoms with Crippen molar-refractivity contribution in [2.75, 3.05) is 39.7 Å². The largest absolute Gasteiger partial charge is 0.383 e. The number of carbonyl (C=O) groups excluding carboxylic acids is 1. The average Bonchev–Trinajstić information content (AvgIpc) is 2.89. The molecule has 22 heavy (non-hydrogen) atoms. The van der Waals surface area contributed by atoms with Crippen LogP contribution in [0, 0.1) is 0 Å². The molecular weight excluding hydrogens is 308 g/mol. The maximum atomic E-state index is 12.4. The predicted molar refractivity (Wildman–Crippen MR) is 82.6 cm³/mol. The zero-order valence-electron chi connectivity index (χ0n) is 13.3. The van der Waals surface area contributed by atoms with Gasteiger partial charge in [-0.05, 0) is 19.3 Å². The summed E-state index contributed by atoms with van der Waals surface area (Å²) in [6.45, 7) is 1.15. The number of hydrogen-bond donors (Lipinski definition) is 1. The van der Waals surface area contributed by atoms with Crippen LogP contribution in [0.4, 0.5) is 4.79 Å². The second-order valence-electron chi connectivity index (χ2n) is 6.03. The molecule has 1 unspecified atom stereocenters. The van der Waals surface area contributed by atoms with Gasteiger partial charge in [-0.15, -0.1) is 0 Å². The highest BCUT2D eigenvalue weighted by atomic mass is 32.2. The number of sulfone groups is 1. The number of nitrogens with zero attached hydrogens (tertiary/aromatic N) is 1. The van der Waals surface area contributed by atoms with Crippen molar-refractivity contribution in [1.29, 1.82) is 0 Å². The van der Waals surface area contributed by atoms with Crippen LogP contribution in [0.1, 0.15) is 25.7 Å². The molecule has 2 aliphatic rings. The molecule has 0 aromatic rings. The van der Waals surface area contributed by atoms with E-state index in [0.717, 1.165) is 19.3 Å². The third-order valence-corrected chi connectivity index (χ3v) is 6.80. The summed E-state index contributed by atoms with van der Waals surface area (Å²) in [5.41, 5.74) is 0. The molecule has 0 radical (unpaired) electrons. The standard InChI is InChI=1S/C14H26N2O5S/c1-20-10-11-7-12(21-2)9-16(11)14(17)15-8-13-5-3-4-6-22(13,18)19/h11-13H,3-10H2,1-2H3,(H,15,17)/t11-,12-,13?/m0/s1. The van der Waals surface area contributed by atoms with Gasteiger partial charge in [-0.25, -0.2) is 13.2 Å². The summed E-state index contributed by atoms with van der Waals surface area (Å²) in [5, 5.41) is 2.33. The smallest absolute Gasteiger partial charge is 0.317 e. The Balaban J connectivity index is 1.90. The Morgan fingerprint density at radius 2 is 2.09 bits per heavy atom. The summed E-state index contributed by atoms with van der Waals surface area (Å²) < 4.78 is 34.4. The van der Waals surface area contributed by atoms with Crippen LogP contribution < -0.4 is 5.32 Å². The summed E-state index contributed by atoms with van der Waals surface area (Å²) >= 11 is 0. The molecule has 3 atom stereocenters. The van der Waals surface area contributed by atoms with Crippen molar-refractivity contribution in [2.24, 2.45) is 0 Å². The number of urea groups is 1. The lowest BCUT2D eigenvalue weighted by atomic mass is 10.2. The number of carbonyl (C=O) groups is 1. The number of hydrogen-bond acceptors (Lipinski definition) is 5. The number of likely N-dealkylation sites (tertiary alicyclic amines) is 1. The first-order chi connectivity index (χ1) is 10.5. The molecule has 2 heterocycles. The zero-order valence-corrected chi connectivity index (χ0v) is 14.1. The summed E-state index contributed by atoms with van der Waals surface area (Å²) in [6, 6.07) is -0.264. The first kappa shape index (κ1) is 17.5. The van der Waals surface area contributed by atoms with Gasteiger partial charge in [-0.1, -0.05) is 6.42 Å². The molecule has 0 spiro atoms. The van der Waals surface area contributed by atoms with Gasteiger partial charge in [0.1, 0.15) is 0 Å². The van der Waals surface area contributed by atoms with E-state index in [1.807, 2.05) is 0 Å². The van der Waals surface area contributed by atoms with Gasteiger partial charge < -0.3 is 19.7 Å². The van der Waals surface area contributed by atoms with Crippen LogP contribution in [0.3, 0.4) is 0 Å². The lowest BCUT2D eigenvalue weighted by Crippen LogP contribution is -2.48. The Morgan fingerprint density at radius 3 is 2.73 bits per heavy atom. The summed E-state index contributed by atoms with van der Waals surface area (Å²) in [7, 11) is 0.167. The second kappa shape index (κ2) is 7.61. The first-order valence-corrected chi connectivity index (χ1v) is 9.47. The molecule has 0 aromatic heterocycles. The van der Waals surface area contributed by atoms with Gasteiger partial charge in [-0.2, -0.15) is 0 Å². The zero-order chi connectivity index (χ0) is 16.2. The third-order valence-electron chi connectivity index (χ3n) is 4.52. The number of methoxy groups -OCH3 is 2. The van der Waals surface area contributed by atoms with Crippen LogP contribution >= 0.6 is 0 Å². The van der Waals surface area contributed by atoms with E-state index in [2.05, 4.69) is 5.32 Å². The fraction of sp³-hybridized carbons (Fsp3) is 0.929. The molecule has 2 aliphatic heterocycles. The Labute approximate surface area is 132 Å². The summed E-state index contributed by atoms with van der Waals surface area (Å²) in [5.74, 6) is 0.231. The minimum absolute atomic E-state index is 0.00399. The van der Waals surface area contributed by atoms with Gasteiger partial charge >= 0.3 is 6.03 Å². The maximum Gasteiger partial charge on any atom is 0.317 e. The van der Waals surface area contributed by atoms with E-state index in [9.17, 15) is 13.2 Å². The van der Waals surface area contributed by atoms with Crippen molar-refractivity contribution < 1.29 is 22.7 Å². The molecule has 8 heteroatoms. The number of rotatable bonds is 5. The Bertz CT molecular complexity index is 482. The van der Waals surface area contributed by atoms with Crippen molar-refractivity contribution in [2.45, 2.75) is 43.1 Å². The van der Waals surface area contributed by atoms with E-state index < -0.39 is 15.1 Å². The molecule has 2 fully saturated rings. The van der Waals surface area contributed by atoms with E-state index >= 15 is 0 Å². The fourth-order valence-electron chi connectivity index (χ4n) is 3.20. The summed E-state index contributed by atoms with van der Waals surface area (Å²) in [4.78, 5) is 14.0. The quantitative estimate of drug-likeness (QED) is 0.787. The molecule has 2 rings (SSSR count). The van der Waals surface area contributed by atoms with Gasteiger partial charge in [0.25, 0.3) is 0 Å². The van der Waals surface area contributed by atoms with E-state index in [1.165, 1.54) is 0 Å². The SMILES string of the molecule is COC[C@@H]1C[C@H](OC)CN1C(=O)NCC1CCCCS1(=O)=O. The Hall–Kier alpha value is -0.860. The van der Waals surface area contributed by atoms with Crippen molar-refractivity contribution >= 4 is 15.9 Å². The van der Waals surface area contributed by atoms with Crippen LogP contribution in [-0.2, 0) is 19.3 Å². The molecule has 2 amide bonds. The number of ether oxygens (including phenoxy) is 2. The molecule has 0 saturated carbocycles. The molecule has 7 nitrogen and oxygen atoms in total. The fourth-order valence-corrected chi connectivity index (χ4v) is 5.00. The van der Waals surface area contributed by atoms with E-state index in [0.29, 0.717) is 19.6 Å². The third kappa shape index (κ3) is 4.11. The van der Waals surface area contributed by atoms with Crippen molar-refractivity contribution in [1.82, 2.24) is 10.2 Å². The van der Waals surface area contributed by atoms with Gasteiger partial charge in [0.15, 0.2) is 9.84 Å². The van der Waals surface area contributed by atoms with Crippen LogP contribution in [0.5, 0.6) is 0 Å². The molecular formula is C14H26N2O5S. The van der Waals surface area contributed by atoms with Crippen LogP contribution in [-0.4, -0.2) is 76.4 Å². The highest BCUT2D eigenvalue weighted by Crippen LogP contribution is 2.21. The lowest BCUT2D eigenvalue weighted by molar-refractivity contribution is 0.110. The van der Waals surface area contributed by atoms with Crippen LogP contribution in [0.2, 0.25) is 0 Å². The Morgan fingerprint density at radius 1 is 1.32 bits per heavy atom.